The van der Waals surface area contributed by atoms with Crippen LogP contribution < -0.4 is 14.8 Å². The number of nitrogens with zero attached hydrogens (tertiary/aromatic N) is 2. The lowest BCUT2D eigenvalue weighted by atomic mass is 10.2. The van der Waals surface area contributed by atoms with E-state index in [-0.39, 0.29) is 5.91 Å². The minimum Gasteiger partial charge on any atom is -0.490 e. The number of hydrogen-bond donors (Lipinski definition) is 1. The zero-order valence-electron chi connectivity index (χ0n) is 15.7. The monoisotopic (exact) mass is 357 g/mol. The highest BCUT2D eigenvalue weighted by atomic mass is 16.5. The Morgan fingerprint density at radius 3 is 2.73 bits per heavy atom. The summed E-state index contributed by atoms with van der Waals surface area (Å²) in [5, 5.41) is 2.93. The van der Waals surface area contributed by atoms with E-state index in [2.05, 4.69) is 15.2 Å². The number of aromatic nitrogens is 1. The first kappa shape index (κ1) is 19.7. The van der Waals surface area contributed by atoms with Crippen molar-refractivity contribution in [3.8, 4) is 11.5 Å². The number of amides is 1. The average molecular weight is 357 g/mol. The van der Waals surface area contributed by atoms with Crippen molar-refractivity contribution in [2.45, 2.75) is 20.0 Å². The number of rotatable bonds is 10. The summed E-state index contributed by atoms with van der Waals surface area (Å²) in [5.41, 5.74) is 1.53. The summed E-state index contributed by atoms with van der Waals surface area (Å²) in [6, 6.07) is 9.07. The molecule has 0 aliphatic heterocycles. The molecule has 26 heavy (non-hydrogen) atoms. The maximum atomic E-state index is 12.3. The summed E-state index contributed by atoms with van der Waals surface area (Å²) in [5.74, 6) is 1.07. The second-order valence-electron chi connectivity index (χ2n) is 6.16. The summed E-state index contributed by atoms with van der Waals surface area (Å²) in [4.78, 5) is 18.5. The second kappa shape index (κ2) is 10.4. The third kappa shape index (κ3) is 6.37. The Bertz CT molecular complexity index is 690. The van der Waals surface area contributed by atoms with Crippen LogP contribution in [-0.2, 0) is 6.61 Å². The van der Waals surface area contributed by atoms with Crippen molar-refractivity contribution in [2.75, 3.05) is 33.8 Å². The van der Waals surface area contributed by atoms with Crippen LogP contribution in [0.4, 0.5) is 0 Å². The smallest absolute Gasteiger partial charge is 0.251 e. The van der Waals surface area contributed by atoms with Crippen molar-refractivity contribution in [2.24, 2.45) is 0 Å². The van der Waals surface area contributed by atoms with Gasteiger partial charge in [-0.05, 0) is 58.3 Å². The normalized spacial score (nSPS) is 10.6. The van der Waals surface area contributed by atoms with E-state index in [4.69, 9.17) is 9.47 Å². The molecule has 1 aromatic carbocycles. The molecule has 0 spiro atoms. The summed E-state index contributed by atoms with van der Waals surface area (Å²) in [6.07, 6.45) is 4.39. The van der Waals surface area contributed by atoms with E-state index in [9.17, 15) is 4.79 Å². The molecule has 1 aromatic heterocycles. The number of pyridine rings is 1. The van der Waals surface area contributed by atoms with Gasteiger partial charge in [0.05, 0.1) is 6.61 Å². The molecule has 140 valence electrons. The van der Waals surface area contributed by atoms with E-state index >= 15 is 0 Å². The molecular weight excluding hydrogens is 330 g/mol. The third-order valence-corrected chi connectivity index (χ3v) is 3.69. The number of ether oxygens (including phenoxy) is 2. The van der Waals surface area contributed by atoms with Crippen LogP contribution >= 0.6 is 0 Å². The molecule has 0 unspecified atom stereocenters. The zero-order valence-corrected chi connectivity index (χ0v) is 15.7. The lowest BCUT2D eigenvalue weighted by molar-refractivity contribution is 0.0951. The van der Waals surface area contributed by atoms with Gasteiger partial charge in [-0.15, -0.1) is 0 Å². The van der Waals surface area contributed by atoms with Crippen LogP contribution in [0.2, 0.25) is 0 Å². The van der Waals surface area contributed by atoms with E-state index in [0.29, 0.717) is 36.8 Å². The van der Waals surface area contributed by atoms with E-state index in [1.54, 1.807) is 30.6 Å². The van der Waals surface area contributed by atoms with Gasteiger partial charge in [-0.1, -0.05) is 6.07 Å². The highest BCUT2D eigenvalue weighted by Gasteiger charge is 2.12. The van der Waals surface area contributed by atoms with Crippen molar-refractivity contribution < 1.29 is 14.3 Å². The Balaban J connectivity index is 1.99. The summed E-state index contributed by atoms with van der Waals surface area (Å²) < 4.78 is 11.5. The standard InChI is InChI=1S/C20H27N3O3/c1-4-25-19-13-17(20(24)22-11-6-12-23(2)3)8-9-18(19)26-15-16-7-5-10-21-14-16/h5,7-10,13-14H,4,6,11-12,15H2,1-3H3,(H,22,24). The number of carbonyl (C=O) groups is 1. The first-order chi connectivity index (χ1) is 12.6. The molecule has 1 heterocycles. The van der Waals surface area contributed by atoms with E-state index < -0.39 is 0 Å². The van der Waals surface area contributed by atoms with Gasteiger partial charge in [-0.2, -0.15) is 0 Å². The molecule has 6 heteroatoms. The van der Waals surface area contributed by atoms with Crippen molar-refractivity contribution in [3.05, 3.63) is 53.9 Å². The Kier molecular flexibility index (Phi) is 7.89. The molecule has 0 aliphatic carbocycles. The first-order valence-electron chi connectivity index (χ1n) is 8.81. The maximum absolute atomic E-state index is 12.3. The number of hydrogen-bond acceptors (Lipinski definition) is 5. The molecule has 0 saturated carbocycles. The van der Waals surface area contributed by atoms with Gasteiger partial charge in [0.1, 0.15) is 6.61 Å². The van der Waals surface area contributed by atoms with Crippen LogP contribution in [0, 0.1) is 0 Å². The molecular formula is C20H27N3O3. The highest BCUT2D eigenvalue weighted by Crippen LogP contribution is 2.29. The fraction of sp³-hybridized carbons (Fsp3) is 0.400. The molecule has 0 fully saturated rings. The lowest BCUT2D eigenvalue weighted by Crippen LogP contribution is -2.27. The minimum absolute atomic E-state index is 0.108. The molecule has 0 bridgehead atoms. The quantitative estimate of drug-likeness (QED) is 0.663. The number of benzene rings is 1. The summed E-state index contributed by atoms with van der Waals surface area (Å²) >= 11 is 0. The van der Waals surface area contributed by atoms with E-state index in [1.807, 2.05) is 33.2 Å². The molecule has 0 radical (unpaired) electrons. The molecule has 2 rings (SSSR count). The zero-order chi connectivity index (χ0) is 18.8. The SMILES string of the molecule is CCOc1cc(C(=O)NCCCN(C)C)ccc1OCc1cccnc1. The largest absolute Gasteiger partial charge is 0.490 e. The van der Waals surface area contributed by atoms with Crippen molar-refractivity contribution in [1.29, 1.82) is 0 Å². The topological polar surface area (TPSA) is 63.7 Å². The van der Waals surface area contributed by atoms with Crippen molar-refractivity contribution in [3.63, 3.8) is 0 Å². The molecule has 1 N–H and O–H groups in total. The Morgan fingerprint density at radius 2 is 2.04 bits per heavy atom. The van der Waals surface area contributed by atoms with Crippen LogP contribution in [0.15, 0.2) is 42.7 Å². The van der Waals surface area contributed by atoms with Gasteiger partial charge in [0.25, 0.3) is 5.91 Å². The van der Waals surface area contributed by atoms with Gasteiger partial charge in [0.2, 0.25) is 0 Å². The summed E-state index contributed by atoms with van der Waals surface area (Å²) in [7, 11) is 4.03. The molecule has 2 aromatic rings. The van der Waals surface area contributed by atoms with Gasteiger partial charge in [-0.25, -0.2) is 0 Å². The molecule has 0 aliphatic rings. The average Bonchev–Trinajstić information content (AvgIpc) is 2.65. The van der Waals surface area contributed by atoms with Gasteiger partial charge in [-0.3, -0.25) is 9.78 Å². The maximum Gasteiger partial charge on any atom is 0.251 e. The molecule has 0 saturated heterocycles. The fourth-order valence-electron chi connectivity index (χ4n) is 2.38. The van der Waals surface area contributed by atoms with Gasteiger partial charge < -0.3 is 19.7 Å². The van der Waals surface area contributed by atoms with Crippen molar-refractivity contribution >= 4 is 5.91 Å². The van der Waals surface area contributed by atoms with E-state index in [1.165, 1.54) is 0 Å². The van der Waals surface area contributed by atoms with E-state index in [0.717, 1.165) is 18.5 Å². The van der Waals surface area contributed by atoms with Crippen LogP contribution in [0.1, 0.15) is 29.3 Å². The van der Waals surface area contributed by atoms with Crippen LogP contribution in [-0.4, -0.2) is 49.6 Å². The van der Waals surface area contributed by atoms with Gasteiger partial charge in [0, 0.05) is 30.1 Å². The molecule has 0 atom stereocenters. The van der Waals surface area contributed by atoms with Crippen molar-refractivity contribution in [1.82, 2.24) is 15.2 Å². The number of carbonyl (C=O) groups excluding carboxylic acids is 1. The molecule has 1 amide bonds. The predicted octanol–water partition coefficient (Wildman–Crippen LogP) is 2.74. The number of nitrogens with one attached hydrogen (secondary N) is 1. The van der Waals surface area contributed by atoms with Gasteiger partial charge >= 0.3 is 0 Å². The Morgan fingerprint density at radius 1 is 1.19 bits per heavy atom. The van der Waals surface area contributed by atoms with Crippen LogP contribution in [0.3, 0.4) is 0 Å². The molecule has 6 nitrogen and oxygen atoms in total. The van der Waals surface area contributed by atoms with Gasteiger partial charge in [0.15, 0.2) is 11.5 Å². The highest BCUT2D eigenvalue weighted by molar-refractivity contribution is 5.94. The second-order valence-corrected chi connectivity index (χ2v) is 6.16. The fourth-order valence-corrected chi connectivity index (χ4v) is 2.38. The van der Waals surface area contributed by atoms with Crippen LogP contribution in [0.5, 0.6) is 11.5 Å². The Labute approximate surface area is 155 Å². The minimum atomic E-state index is -0.108. The Hall–Kier alpha value is -2.60. The predicted molar refractivity (Wildman–Crippen MR) is 102 cm³/mol. The third-order valence-electron chi connectivity index (χ3n) is 3.69. The lowest BCUT2D eigenvalue weighted by Gasteiger charge is -2.14. The van der Waals surface area contributed by atoms with Crippen LogP contribution in [0.25, 0.3) is 0 Å². The summed E-state index contributed by atoms with van der Waals surface area (Å²) in [6.45, 7) is 4.37. The first-order valence-corrected chi connectivity index (χ1v) is 8.81.